The quantitative estimate of drug-likeness (QED) is 0.421. The van der Waals surface area contributed by atoms with Crippen molar-refractivity contribution >= 4 is 24.3 Å². The van der Waals surface area contributed by atoms with Crippen molar-refractivity contribution in [3.05, 3.63) is 29.8 Å². The van der Waals surface area contributed by atoms with Crippen LogP contribution in [0.1, 0.15) is 47.1 Å². The zero-order valence-electron chi connectivity index (χ0n) is 15.8. The molecule has 0 radical (unpaired) electrons. The summed E-state index contributed by atoms with van der Waals surface area (Å²) in [6.45, 7) is 15.3. The molecule has 0 aliphatic heterocycles. The van der Waals surface area contributed by atoms with E-state index in [0.29, 0.717) is 16.6 Å². The molecule has 1 rings (SSSR count). The monoisotopic (exact) mass is 363 g/mol. The van der Waals surface area contributed by atoms with E-state index in [4.69, 9.17) is 0 Å². The van der Waals surface area contributed by atoms with Crippen LogP contribution in [-0.4, -0.2) is 22.7 Å². The fraction of sp³-hybridized carbons (Fsp3) is 0.526. The molecule has 0 spiro atoms. The fourth-order valence-electron chi connectivity index (χ4n) is 3.46. The molecule has 0 saturated heterocycles. The molecule has 1 aromatic carbocycles. The summed E-state index contributed by atoms with van der Waals surface area (Å²) < 4.78 is 28.2. The Balaban J connectivity index is 3.12. The minimum atomic E-state index is -3.67. The van der Waals surface area contributed by atoms with Crippen LogP contribution < -0.4 is 0 Å². The van der Waals surface area contributed by atoms with Crippen LogP contribution in [0.2, 0.25) is 16.6 Å². The molecule has 0 aliphatic rings. The Morgan fingerprint density at radius 1 is 0.958 bits per heavy atom. The molecule has 1 aromatic rings. The zero-order chi connectivity index (χ0) is 18.5. The summed E-state index contributed by atoms with van der Waals surface area (Å²) in [5, 5.41) is 0. The summed E-state index contributed by atoms with van der Waals surface area (Å²) in [5.74, 6) is 2.95. The molecule has 0 aliphatic carbocycles. The average molecular weight is 364 g/mol. The summed E-state index contributed by atoms with van der Waals surface area (Å²) in [6, 6.07) is 6.68. The van der Waals surface area contributed by atoms with Gasteiger partial charge in [-0.2, -0.15) is 12.8 Å². The van der Waals surface area contributed by atoms with Gasteiger partial charge in [0.05, 0.1) is 11.1 Å². The highest BCUT2D eigenvalue weighted by Gasteiger charge is 2.41. The van der Waals surface area contributed by atoms with Crippen LogP contribution in [0.25, 0.3) is 0 Å². The van der Waals surface area contributed by atoms with Crippen molar-refractivity contribution in [2.24, 2.45) is 4.40 Å². The second-order valence-corrected chi connectivity index (χ2v) is 14.4. The molecular weight excluding hydrogens is 334 g/mol. The summed E-state index contributed by atoms with van der Waals surface area (Å²) >= 11 is 0. The molecule has 0 unspecified atom stereocenters. The second-order valence-electron chi connectivity index (χ2n) is 7.19. The SMILES string of the molecule is Cc1ccc(S(=O)(=O)/N=C/C#C[Si](C(C)C)(C(C)C)C(C)C)cc1. The topological polar surface area (TPSA) is 46.5 Å². The number of aryl methyl sites for hydroxylation is 1. The third-order valence-corrected chi connectivity index (χ3v) is 12.3. The first-order valence-corrected chi connectivity index (χ1v) is 12.1. The van der Waals surface area contributed by atoms with Gasteiger partial charge in [-0.05, 0) is 35.7 Å². The normalized spacial score (nSPS) is 12.9. The van der Waals surface area contributed by atoms with Gasteiger partial charge in [0.25, 0.3) is 10.0 Å². The Hall–Kier alpha value is -1.38. The summed E-state index contributed by atoms with van der Waals surface area (Å²) in [6.07, 6.45) is 1.25. The maximum Gasteiger partial charge on any atom is 0.282 e. The maximum atomic E-state index is 12.2. The number of hydrogen-bond acceptors (Lipinski definition) is 2. The maximum absolute atomic E-state index is 12.2. The van der Waals surface area contributed by atoms with E-state index in [1.165, 1.54) is 6.21 Å². The van der Waals surface area contributed by atoms with Crippen LogP contribution in [-0.2, 0) is 10.0 Å². The van der Waals surface area contributed by atoms with E-state index in [1.807, 2.05) is 6.92 Å². The van der Waals surface area contributed by atoms with E-state index < -0.39 is 18.1 Å². The lowest BCUT2D eigenvalue weighted by atomic mass is 10.2. The second kappa shape index (κ2) is 8.13. The number of nitrogens with zero attached hydrogens (tertiary/aromatic N) is 1. The molecule has 0 N–H and O–H groups in total. The van der Waals surface area contributed by atoms with E-state index in [9.17, 15) is 8.42 Å². The van der Waals surface area contributed by atoms with Gasteiger partial charge in [0, 0.05) is 0 Å². The molecule has 0 atom stereocenters. The van der Waals surface area contributed by atoms with Gasteiger partial charge in [0.1, 0.15) is 8.07 Å². The van der Waals surface area contributed by atoms with Crippen LogP contribution >= 0.6 is 0 Å². The van der Waals surface area contributed by atoms with Crippen LogP contribution in [0.5, 0.6) is 0 Å². The highest BCUT2D eigenvalue weighted by atomic mass is 32.2. The molecule has 24 heavy (non-hydrogen) atoms. The van der Waals surface area contributed by atoms with Gasteiger partial charge in [-0.1, -0.05) is 65.2 Å². The molecule has 0 saturated carbocycles. The van der Waals surface area contributed by atoms with Crippen molar-refractivity contribution in [3.8, 4) is 11.5 Å². The first kappa shape index (κ1) is 20.7. The molecule has 5 heteroatoms. The molecular formula is C19H29NO2SSi. The van der Waals surface area contributed by atoms with Gasteiger partial charge in [-0.3, -0.25) is 0 Å². The zero-order valence-corrected chi connectivity index (χ0v) is 17.6. The Morgan fingerprint density at radius 3 is 1.83 bits per heavy atom. The van der Waals surface area contributed by atoms with Crippen LogP contribution in [0, 0.1) is 18.4 Å². The lowest BCUT2D eigenvalue weighted by Crippen LogP contribution is -2.43. The van der Waals surface area contributed by atoms with E-state index in [-0.39, 0.29) is 4.90 Å². The Kier molecular flexibility index (Phi) is 7.00. The van der Waals surface area contributed by atoms with Gasteiger partial charge in [-0.15, -0.1) is 5.54 Å². The first-order chi connectivity index (χ1) is 11.0. The van der Waals surface area contributed by atoms with Crippen molar-refractivity contribution in [2.75, 3.05) is 0 Å². The summed E-state index contributed by atoms with van der Waals surface area (Å²) in [7, 11) is -5.53. The molecule has 0 aromatic heterocycles. The lowest BCUT2D eigenvalue weighted by Gasteiger charge is -2.37. The molecule has 0 bridgehead atoms. The largest absolute Gasteiger partial charge is 0.282 e. The molecule has 0 fully saturated rings. The molecule has 0 amide bonds. The van der Waals surface area contributed by atoms with Crippen molar-refractivity contribution in [3.63, 3.8) is 0 Å². The summed E-state index contributed by atoms with van der Waals surface area (Å²) in [5.41, 5.74) is 5.97. The minimum absolute atomic E-state index is 0.200. The lowest BCUT2D eigenvalue weighted by molar-refractivity contribution is 0.598. The molecule has 0 heterocycles. The van der Waals surface area contributed by atoms with Gasteiger partial charge in [0.2, 0.25) is 0 Å². The molecule has 132 valence electrons. The highest BCUT2D eigenvalue weighted by molar-refractivity contribution is 7.90. The van der Waals surface area contributed by atoms with Gasteiger partial charge < -0.3 is 0 Å². The third-order valence-electron chi connectivity index (χ3n) is 4.73. The summed E-state index contributed by atoms with van der Waals surface area (Å²) in [4.78, 5) is 0.200. The van der Waals surface area contributed by atoms with Crippen LogP contribution in [0.4, 0.5) is 0 Å². The number of rotatable bonds is 5. The number of hydrogen-bond donors (Lipinski definition) is 0. The Labute approximate surface area is 148 Å². The number of benzene rings is 1. The predicted octanol–water partition coefficient (Wildman–Crippen LogP) is 4.98. The highest BCUT2D eigenvalue weighted by Crippen LogP contribution is 2.40. The average Bonchev–Trinajstić information content (AvgIpc) is 2.46. The van der Waals surface area contributed by atoms with E-state index >= 15 is 0 Å². The third kappa shape index (κ3) is 4.58. The van der Waals surface area contributed by atoms with Crippen LogP contribution in [0.15, 0.2) is 33.6 Å². The standard InChI is InChI=1S/C19H29NO2SSi/c1-15(2)24(16(3)4,17(5)6)14-8-13-20-23(21,22)19-11-9-18(7)10-12-19/h9-13,15-17H,1-7H3/b20-13+. The van der Waals surface area contributed by atoms with E-state index in [1.54, 1.807) is 24.3 Å². The Morgan fingerprint density at radius 2 is 1.42 bits per heavy atom. The van der Waals surface area contributed by atoms with Gasteiger partial charge in [-0.25, -0.2) is 0 Å². The predicted molar refractivity (Wildman–Crippen MR) is 106 cm³/mol. The van der Waals surface area contributed by atoms with Crippen molar-refractivity contribution in [1.82, 2.24) is 0 Å². The minimum Gasteiger partial charge on any atom is -0.199 e. The van der Waals surface area contributed by atoms with E-state index in [2.05, 4.69) is 57.4 Å². The van der Waals surface area contributed by atoms with Crippen molar-refractivity contribution < 1.29 is 8.42 Å². The number of sulfonamides is 1. The van der Waals surface area contributed by atoms with Crippen LogP contribution in [0.3, 0.4) is 0 Å². The van der Waals surface area contributed by atoms with Crippen molar-refractivity contribution in [1.29, 1.82) is 0 Å². The molecule has 3 nitrogen and oxygen atoms in total. The Bertz CT molecular complexity index is 714. The van der Waals surface area contributed by atoms with E-state index in [0.717, 1.165) is 5.56 Å². The fourth-order valence-corrected chi connectivity index (χ4v) is 9.43. The smallest absolute Gasteiger partial charge is 0.199 e. The van der Waals surface area contributed by atoms with Crippen molar-refractivity contribution in [2.45, 2.75) is 70.0 Å². The van der Waals surface area contributed by atoms with Gasteiger partial charge >= 0.3 is 0 Å². The first-order valence-electron chi connectivity index (χ1n) is 8.42. The van der Waals surface area contributed by atoms with Gasteiger partial charge in [0.15, 0.2) is 0 Å².